The number of aromatic nitrogens is 3. The summed E-state index contributed by atoms with van der Waals surface area (Å²) in [6, 6.07) is 0. The molecule has 1 aromatic rings. The molecule has 10 heteroatoms. The molecular formula is C16H31N5O4S. The third-order valence-electron chi connectivity index (χ3n) is 3.95. The van der Waals surface area contributed by atoms with Crippen molar-refractivity contribution in [3.63, 3.8) is 0 Å². The quantitative estimate of drug-likeness (QED) is 0.410. The molecule has 9 nitrogen and oxygen atoms in total. The van der Waals surface area contributed by atoms with Crippen molar-refractivity contribution < 1.29 is 18.4 Å². The Hall–Kier alpha value is -0.910. The fourth-order valence-electron chi connectivity index (χ4n) is 2.46. The molecule has 1 aromatic heterocycles. The number of hydrogen-bond acceptors (Lipinski definition) is 8. The van der Waals surface area contributed by atoms with Crippen molar-refractivity contribution in [2.75, 3.05) is 77.8 Å². The maximum atomic E-state index is 11.4. The van der Waals surface area contributed by atoms with E-state index in [-0.39, 0.29) is 0 Å². The van der Waals surface area contributed by atoms with Gasteiger partial charge in [0.15, 0.2) is 0 Å². The third kappa shape index (κ3) is 9.15. The lowest BCUT2D eigenvalue weighted by Crippen LogP contribution is -2.37. The average molecular weight is 390 g/mol. The van der Waals surface area contributed by atoms with Crippen molar-refractivity contribution in [2.24, 2.45) is 0 Å². The molecule has 2 rings (SSSR count). The molecule has 0 aliphatic carbocycles. The Morgan fingerprint density at radius 3 is 2.42 bits per heavy atom. The number of hydrogen-bond donors (Lipinski definition) is 1. The Balaban J connectivity index is 1.45. The highest BCUT2D eigenvalue weighted by Crippen LogP contribution is 2.05. The monoisotopic (exact) mass is 389 g/mol. The van der Waals surface area contributed by atoms with Crippen LogP contribution in [0.1, 0.15) is 5.69 Å². The molecule has 0 atom stereocenters. The maximum absolute atomic E-state index is 11.4. The second kappa shape index (κ2) is 13.3. The van der Waals surface area contributed by atoms with Gasteiger partial charge in [0, 0.05) is 54.7 Å². The highest BCUT2D eigenvalue weighted by molar-refractivity contribution is 7.85. The van der Waals surface area contributed by atoms with E-state index < -0.39 is 10.8 Å². The molecule has 1 N–H and O–H groups in total. The molecule has 1 aliphatic rings. The van der Waals surface area contributed by atoms with Crippen LogP contribution >= 0.6 is 0 Å². The van der Waals surface area contributed by atoms with Crippen LogP contribution in [0.25, 0.3) is 0 Å². The Kier molecular flexibility index (Phi) is 10.9. The number of nitrogens with zero attached hydrogens (tertiary/aromatic N) is 4. The van der Waals surface area contributed by atoms with Crippen molar-refractivity contribution >= 4 is 10.8 Å². The minimum absolute atomic E-state index is 0.559. The largest absolute Gasteiger partial charge is 0.378 e. The van der Waals surface area contributed by atoms with E-state index in [0.717, 1.165) is 43.4 Å². The van der Waals surface area contributed by atoms with E-state index >= 15 is 0 Å². The Bertz CT molecular complexity index is 507. The van der Waals surface area contributed by atoms with E-state index in [1.54, 1.807) is 4.68 Å². The molecule has 1 saturated heterocycles. The summed E-state index contributed by atoms with van der Waals surface area (Å²) in [4.78, 5) is 2.27. The third-order valence-corrected chi connectivity index (χ3v) is 5.22. The van der Waals surface area contributed by atoms with Gasteiger partial charge in [0.25, 0.3) is 0 Å². The molecule has 0 spiro atoms. The molecule has 1 fully saturated rings. The van der Waals surface area contributed by atoms with Crippen molar-refractivity contribution in [1.29, 1.82) is 0 Å². The van der Waals surface area contributed by atoms with E-state index in [1.807, 2.05) is 13.2 Å². The number of nitrogens with one attached hydrogen (secondary N) is 1. The van der Waals surface area contributed by atoms with E-state index in [0.29, 0.717) is 46.2 Å². The van der Waals surface area contributed by atoms with Gasteiger partial charge in [-0.2, -0.15) is 0 Å². The number of likely N-dealkylation sites (N-methyl/N-ethyl adjacent to an activating group) is 1. The van der Waals surface area contributed by atoms with Crippen LogP contribution in [0, 0.1) is 0 Å². The molecule has 0 radical (unpaired) electrons. The zero-order valence-electron chi connectivity index (χ0n) is 15.6. The summed E-state index contributed by atoms with van der Waals surface area (Å²) in [6.45, 7) is 7.61. The van der Waals surface area contributed by atoms with Gasteiger partial charge in [-0.1, -0.05) is 5.21 Å². The van der Waals surface area contributed by atoms with Gasteiger partial charge in [0.05, 0.1) is 51.9 Å². The van der Waals surface area contributed by atoms with Crippen LogP contribution in [-0.4, -0.2) is 102 Å². The predicted molar refractivity (Wildman–Crippen MR) is 99.6 cm³/mol. The van der Waals surface area contributed by atoms with Crippen molar-refractivity contribution in [2.45, 2.75) is 13.1 Å². The van der Waals surface area contributed by atoms with Gasteiger partial charge >= 0.3 is 0 Å². The zero-order chi connectivity index (χ0) is 18.5. The predicted octanol–water partition coefficient (Wildman–Crippen LogP) is -0.888. The van der Waals surface area contributed by atoms with Crippen LogP contribution < -0.4 is 5.32 Å². The van der Waals surface area contributed by atoms with Gasteiger partial charge in [-0.3, -0.25) is 9.11 Å². The van der Waals surface area contributed by atoms with Crippen LogP contribution in [0.2, 0.25) is 0 Å². The summed E-state index contributed by atoms with van der Waals surface area (Å²) in [5, 5.41) is 11.3. The van der Waals surface area contributed by atoms with Crippen LogP contribution in [0.15, 0.2) is 6.20 Å². The first-order valence-corrected chi connectivity index (χ1v) is 10.6. The first-order chi connectivity index (χ1) is 12.8. The Morgan fingerprint density at radius 1 is 1.08 bits per heavy atom. The van der Waals surface area contributed by atoms with Crippen molar-refractivity contribution in [3.05, 3.63) is 11.9 Å². The topological polar surface area (TPSA) is 90.7 Å². The van der Waals surface area contributed by atoms with Gasteiger partial charge in [-0.15, -0.1) is 5.10 Å². The molecule has 2 heterocycles. The van der Waals surface area contributed by atoms with E-state index in [9.17, 15) is 4.21 Å². The lowest BCUT2D eigenvalue weighted by atomic mass is 10.4. The lowest BCUT2D eigenvalue weighted by molar-refractivity contribution is 0.0134. The fourth-order valence-corrected chi connectivity index (χ4v) is 3.59. The van der Waals surface area contributed by atoms with Crippen LogP contribution in [0.5, 0.6) is 0 Å². The highest BCUT2D eigenvalue weighted by atomic mass is 32.2. The average Bonchev–Trinajstić information content (AvgIpc) is 3.09. The van der Waals surface area contributed by atoms with Crippen molar-refractivity contribution in [1.82, 2.24) is 25.2 Å². The molecule has 0 saturated carbocycles. The molecule has 26 heavy (non-hydrogen) atoms. The summed E-state index contributed by atoms with van der Waals surface area (Å²) in [5.74, 6) is 1.51. The normalized spacial score (nSPS) is 16.3. The van der Waals surface area contributed by atoms with Gasteiger partial charge < -0.3 is 19.5 Å². The van der Waals surface area contributed by atoms with E-state index in [2.05, 4.69) is 20.5 Å². The second-order valence-corrected chi connectivity index (χ2v) is 7.73. The summed E-state index contributed by atoms with van der Waals surface area (Å²) < 4.78 is 29.5. The summed E-state index contributed by atoms with van der Waals surface area (Å²) in [5.41, 5.74) is 0.944. The summed E-state index contributed by atoms with van der Waals surface area (Å²) in [7, 11) is 1.26. The maximum Gasteiger partial charge on any atom is 0.0967 e. The van der Waals surface area contributed by atoms with Crippen LogP contribution in [0.4, 0.5) is 0 Å². The van der Waals surface area contributed by atoms with Crippen LogP contribution in [-0.2, 0) is 38.1 Å². The van der Waals surface area contributed by atoms with Gasteiger partial charge in [0.2, 0.25) is 0 Å². The number of rotatable bonds is 14. The molecule has 150 valence electrons. The first-order valence-electron chi connectivity index (χ1n) is 9.12. The van der Waals surface area contributed by atoms with Gasteiger partial charge in [-0.05, 0) is 7.05 Å². The minimum atomic E-state index is -0.644. The van der Waals surface area contributed by atoms with Crippen LogP contribution in [0.3, 0.4) is 0 Å². The highest BCUT2D eigenvalue weighted by Gasteiger charge is 2.16. The fraction of sp³-hybridized carbons (Fsp3) is 0.875. The number of ether oxygens (including phenoxy) is 3. The molecule has 0 amide bonds. The molecule has 1 aliphatic heterocycles. The molecular weight excluding hydrogens is 358 g/mol. The molecule has 0 aromatic carbocycles. The van der Waals surface area contributed by atoms with E-state index in [4.69, 9.17) is 14.2 Å². The summed E-state index contributed by atoms with van der Waals surface area (Å²) >= 11 is 0. The standard InChI is InChI=1S/C16H31N5O4S/c1-17-2-6-23-8-10-25-11-9-24-7-3-21-15-16(18-19-21)14-20-4-12-26(22)13-5-20/h15,17H,2-14H2,1H3. The second-order valence-electron chi connectivity index (χ2n) is 6.04. The smallest absolute Gasteiger partial charge is 0.0967 e. The Morgan fingerprint density at radius 2 is 1.73 bits per heavy atom. The van der Waals surface area contributed by atoms with Gasteiger partial charge in [-0.25, -0.2) is 4.68 Å². The molecule has 0 bridgehead atoms. The Labute approximate surface area is 157 Å². The molecule has 0 unspecified atom stereocenters. The minimum Gasteiger partial charge on any atom is -0.378 e. The SMILES string of the molecule is CNCCOCCOCCOCCn1cc(CN2CCS(=O)CC2)nn1. The van der Waals surface area contributed by atoms with Gasteiger partial charge in [0.1, 0.15) is 0 Å². The van der Waals surface area contributed by atoms with E-state index in [1.165, 1.54) is 0 Å². The summed E-state index contributed by atoms with van der Waals surface area (Å²) in [6.07, 6.45) is 1.95. The van der Waals surface area contributed by atoms with Crippen molar-refractivity contribution in [3.8, 4) is 0 Å². The first kappa shape index (κ1) is 21.4. The zero-order valence-corrected chi connectivity index (χ0v) is 16.4. The lowest BCUT2D eigenvalue weighted by Gasteiger charge is -2.24.